The van der Waals surface area contributed by atoms with Gasteiger partial charge in [-0.2, -0.15) is 5.10 Å². The zero-order valence-corrected chi connectivity index (χ0v) is 35.3. The Morgan fingerprint density at radius 3 is 2.34 bits per heavy atom. The lowest BCUT2D eigenvalue weighted by Crippen LogP contribution is -2.50. The SMILES string of the molecule is CCOc1cc(CN2C(=O)c3cccc(N4CCC(F)(CN5CCC(c6ccc(Oc7ccc8c(C9CCC(=O)NC9=O)nn(C)c8c7)cc6)CC5)CC4)c3C2=O)ccc1OC. The number of carbonyl (C=O) groups excluding carboxylic acids is 4. The number of piperidine rings is 3. The Kier molecular flexibility index (Phi) is 11.2. The first-order valence-electron chi connectivity index (χ1n) is 21.5. The standard InChI is InChI=1S/C48H51FN6O7/c1-4-61-41-26-30(8-16-40(41)60-3)28-55-46(58)36-6-5-7-38(43(36)47(55)59)54-24-20-48(49,21-25-54)29-53-22-18-32(19-23-53)31-9-11-33(12-10-31)62-34-13-14-35-39(27-34)52(2)51-44(35)37-15-17-42(56)50-45(37)57/h5-14,16,26-27,32,37H,4,15,17-25,28-29H2,1-3H3,(H,50,56,57). The van der Waals surface area contributed by atoms with Crippen molar-refractivity contribution in [1.29, 1.82) is 0 Å². The van der Waals surface area contributed by atoms with Gasteiger partial charge in [-0.15, -0.1) is 0 Å². The number of anilines is 1. The molecule has 322 valence electrons. The topological polar surface area (TPSA) is 136 Å². The molecule has 13 nitrogen and oxygen atoms in total. The molecular formula is C48H51FN6O7. The van der Waals surface area contributed by atoms with E-state index in [2.05, 4.69) is 32.3 Å². The van der Waals surface area contributed by atoms with Crippen molar-refractivity contribution in [3.63, 3.8) is 0 Å². The Hall–Kier alpha value is -6.28. The number of halogens is 1. The summed E-state index contributed by atoms with van der Waals surface area (Å²) in [6.45, 7) is 5.33. The van der Waals surface area contributed by atoms with Crippen LogP contribution in [-0.4, -0.2) is 95.3 Å². The highest BCUT2D eigenvalue weighted by atomic mass is 19.1. The smallest absolute Gasteiger partial charge is 0.263 e. The monoisotopic (exact) mass is 842 g/mol. The summed E-state index contributed by atoms with van der Waals surface area (Å²) in [4.78, 5) is 57.2. The van der Waals surface area contributed by atoms with Crippen LogP contribution in [0.4, 0.5) is 10.1 Å². The normalized spacial score (nSPS) is 19.5. The quantitative estimate of drug-likeness (QED) is 0.128. The van der Waals surface area contributed by atoms with E-state index in [0.29, 0.717) is 103 Å². The lowest BCUT2D eigenvalue weighted by Gasteiger charge is -2.42. The molecule has 0 saturated carbocycles. The Bertz CT molecular complexity index is 2540. The largest absolute Gasteiger partial charge is 0.493 e. The van der Waals surface area contributed by atoms with E-state index in [0.717, 1.165) is 42.4 Å². The van der Waals surface area contributed by atoms with Crippen LogP contribution in [0.15, 0.2) is 78.9 Å². The molecule has 0 bridgehead atoms. The van der Waals surface area contributed by atoms with Gasteiger partial charge in [-0.3, -0.25) is 34.1 Å². The number of likely N-dealkylation sites (tertiary alicyclic amines) is 1. The fourth-order valence-electron chi connectivity index (χ4n) is 9.61. The van der Waals surface area contributed by atoms with Crippen molar-refractivity contribution in [2.24, 2.45) is 7.05 Å². The zero-order valence-electron chi connectivity index (χ0n) is 35.3. The number of imide groups is 2. The summed E-state index contributed by atoms with van der Waals surface area (Å²) in [5, 5.41) is 7.92. The van der Waals surface area contributed by atoms with Crippen molar-refractivity contribution in [3.05, 3.63) is 107 Å². The molecule has 4 aliphatic heterocycles. The molecule has 4 amide bonds. The van der Waals surface area contributed by atoms with E-state index >= 15 is 4.39 Å². The number of hydrogen-bond donors (Lipinski definition) is 1. The number of benzene rings is 4. The van der Waals surface area contributed by atoms with Crippen LogP contribution < -0.4 is 24.4 Å². The summed E-state index contributed by atoms with van der Waals surface area (Å²) in [7, 11) is 3.40. The highest BCUT2D eigenvalue weighted by Gasteiger charge is 2.42. The number of carbonyl (C=O) groups is 4. The summed E-state index contributed by atoms with van der Waals surface area (Å²) in [5.74, 6) is 1.16. The summed E-state index contributed by atoms with van der Waals surface area (Å²) in [6, 6.07) is 24.7. The third-order valence-electron chi connectivity index (χ3n) is 12.9. The molecule has 62 heavy (non-hydrogen) atoms. The first-order chi connectivity index (χ1) is 30.0. The molecule has 1 atom stereocenters. The molecule has 3 fully saturated rings. The van der Waals surface area contributed by atoms with Crippen molar-refractivity contribution in [2.45, 2.75) is 69.5 Å². The fourth-order valence-corrected chi connectivity index (χ4v) is 9.61. The minimum atomic E-state index is -1.34. The van der Waals surface area contributed by atoms with Gasteiger partial charge in [0.15, 0.2) is 11.5 Å². The number of rotatable bonds is 12. The average molecular weight is 843 g/mol. The number of aryl methyl sites for hydroxylation is 1. The van der Waals surface area contributed by atoms with Gasteiger partial charge >= 0.3 is 0 Å². The molecule has 14 heteroatoms. The molecule has 4 aromatic carbocycles. The third kappa shape index (κ3) is 7.99. The van der Waals surface area contributed by atoms with E-state index in [1.54, 1.807) is 36.1 Å². The van der Waals surface area contributed by atoms with Crippen LogP contribution >= 0.6 is 0 Å². The Balaban J connectivity index is 0.771. The summed E-state index contributed by atoms with van der Waals surface area (Å²) in [6.07, 6.45) is 3.27. The maximum absolute atomic E-state index is 16.5. The van der Waals surface area contributed by atoms with Crippen LogP contribution in [0, 0.1) is 0 Å². The Morgan fingerprint density at radius 2 is 1.61 bits per heavy atom. The molecule has 0 radical (unpaired) electrons. The number of ether oxygens (including phenoxy) is 3. The van der Waals surface area contributed by atoms with Gasteiger partial charge in [0.2, 0.25) is 11.8 Å². The summed E-state index contributed by atoms with van der Waals surface area (Å²) >= 11 is 0. The molecule has 3 saturated heterocycles. The van der Waals surface area contributed by atoms with Gasteiger partial charge in [-0.1, -0.05) is 24.3 Å². The summed E-state index contributed by atoms with van der Waals surface area (Å²) < 4.78 is 35.6. The molecule has 5 heterocycles. The van der Waals surface area contributed by atoms with Gasteiger partial charge in [0, 0.05) is 57.4 Å². The molecule has 0 aliphatic carbocycles. The molecule has 9 rings (SSSR count). The van der Waals surface area contributed by atoms with Crippen LogP contribution in [0.1, 0.15) is 94.8 Å². The van der Waals surface area contributed by atoms with Crippen LogP contribution in [0.2, 0.25) is 0 Å². The van der Waals surface area contributed by atoms with E-state index in [1.807, 2.05) is 56.4 Å². The number of alkyl halides is 1. The predicted octanol–water partition coefficient (Wildman–Crippen LogP) is 7.28. The average Bonchev–Trinajstić information content (AvgIpc) is 3.72. The molecular weight excluding hydrogens is 792 g/mol. The van der Waals surface area contributed by atoms with Gasteiger partial charge in [-0.25, -0.2) is 4.39 Å². The number of nitrogens with one attached hydrogen (secondary N) is 1. The number of fused-ring (bicyclic) bond motifs is 2. The minimum absolute atomic E-state index is 0.100. The number of hydrogen-bond acceptors (Lipinski definition) is 10. The first-order valence-corrected chi connectivity index (χ1v) is 21.5. The highest BCUT2D eigenvalue weighted by molar-refractivity contribution is 6.23. The van der Waals surface area contributed by atoms with Gasteiger partial charge in [0.05, 0.1) is 54.2 Å². The second kappa shape index (κ2) is 16.9. The van der Waals surface area contributed by atoms with Crippen LogP contribution in [0.3, 0.4) is 0 Å². The maximum Gasteiger partial charge on any atom is 0.263 e. The molecule has 1 N–H and O–H groups in total. The van der Waals surface area contributed by atoms with E-state index in [4.69, 9.17) is 14.2 Å². The molecule has 1 unspecified atom stereocenters. The van der Waals surface area contributed by atoms with Gasteiger partial charge in [0.1, 0.15) is 17.2 Å². The van der Waals surface area contributed by atoms with Gasteiger partial charge < -0.3 is 24.0 Å². The predicted molar refractivity (Wildman–Crippen MR) is 231 cm³/mol. The van der Waals surface area contributed by atoms with E-state index in [-0.39, 0.29) is 30.2 Å². The lowest BCUT2D eigenvalue weighted by atomic mass is 9.87. The van der Waals surface area contributed by atoms with Gasteiger partial charge in [-0.05, 0) is 105 Å². The Morgan fingerprint density at radius 1 is 0.855 bits per heavy atom. The second-order valence-corrected chi connectivity index (χ2v) is 16.9. The van der Waals surface area contributed by atoms with Crippen molar-refractivity contribution in [1.82, 2.24) is 24.9 Å². The third-order valence-corrected chi connectivity index (χ3v) is 12.9. The molecule has 1 aromatic heterocycles. The van der Waals surface area contributed by atoms with Crippen LogP contribution in [-0.2, 0) is 23.2 Å². The summed E-state index contributed by atoms with van der Waals surface area (Å²) in [5.41, 5.74) is 3.59. The fraction of sp³-hybridized carbons (Fsp3) is 0.396. The highest BCUT2D eigenvalue weighted by Crippen LogP contribution is 2.39. The number of amides is 4. The van der Waals surface area contributed by atoms with Crippen molar-refractivity contribution in [2.75, 3.05) is 51.3 Å². The number of nitrogens with zero attached hydrogens (tertiary/aromatic N) is 5. The number of aromatic nitrogens is 2. The van der Waals surface area contributed by atoms with Crippen LogP contribution in [0.5, 0.6) is 23.0 Å². The maximum atomic E-state index is 16.5. The molecule has 0 spiro atoms. The van der Waals surface area contributed by atoms with Crippen molar-refractivity contribution < 1.29 is 37.8 Å². The number of methoxy groups -OCH3 is 1. The Labute approximate surface area is 359 Å². The van der Waals surface area contributed by atoms with Crippen LogP contribution in [0.25, 0.3) is 10.9 Å². The van der Waals surface area contributed by atoms with E-state index < -0.39 is 11.6 Å². The zero-order chi connectivity index (χ0) is 43.1. The molecule has 5 aromatic rings. The van der Waals surface area contributed by atoms with E-state index in [1.165, 1.54) is 10.5 Å². The second-order valence-electron chi connectivity index (χ2n) is 16.9. The van der Waals surface area contributed by atoms with Crippen molar-refractivity contribution >= 4 is 40.2 Å². The lowest BCUT2D eigenvalue weighted by molar-refractivity contribution is -0.134. The first kappa shape index (κ1) is 41.1. The minimum Gasteiger partial charge on any atom is -0.493 e. The van der Waals surface area contributed by atoms with Gasteiger partial charge in [0.25, 0.3) is 11.8 Å². The molecule has 4 aliphatic rings. The van der Waals surface area contributed by atoms with Crippen molar-refractivity contribution in [3.8, 4) is 23.0 Å². The van der Waals surface area contributed by atoms with E-state index in [9.17, 15) is 19.2 Å².